The smallest absolute Gasteiger partial charge is 0.119 e. The number of aryl methyl sites for hydroxylation is 4. The van der Waals surface area contributed by atoms with E-state index in [9.17, 15) is 0 Å². The van der Waals surface area contributed by atoms with Crippen molar-refractivity contribution in [2.75, 3.05) is 38.2 Å². The van der Waals surface area contributed by atoms with Crippen LogP contribution in [0, 0.1) is 51.9 Å². The number of thiophene rings is 4. The summed E-state index contributed by atoms with van der Waals surface area (Å²) < 4.78 is 22.5. The third-order valence-corrected chi connectivity index (χ3v) is 17.7. The Morgan fingerprint density at radius 2 is 0.733 bits per heavy atom. The highest BCUT2D eigenvalue weighted by Crippen LogP contribution is 2.41. The first-order valence-corrected chi connectivity index (χ1v) is 28.0. The van der Waals surface area contributed by atoms with Crippen molar-refractivity contribution in [1.29, 1.82) is 0 Å². The number of hydrogen-bond acceptors (Lipinski definition) is 10. The molecule has 0 N–H and O–H groups in total. The Kier molecular flexibility index (Phi) is 18.4. The summed E-state index contributed by atoms with van der Waals surface area (Å²) in [6.45, 7) is 8.59. The van der Waals surface area contributed by atoms with Gasteiger partial charge in [-0.15, -0.1) is 51.8 Å². The molecule has 4 aromatic heterocycles. The van der Waals surface area contributed by atoms with Crippen LogP contribution in [0.2, 0.25) is 0 Å². The number of benzene rings is 6. The zero-order chi connectivity index (χ0) is 52.8. The first-order chi connectivity index (χ1) is 36.5. The van der Waals surface area contributed by atoms with Crippen molar-refractivity contribution in [1.82, 2.24) is 0 Å². The molecule has 6 aromatic carbocycles. The molecule has 0 unspecified atom stereocenters. The first-order valence-electron chi connectivity index (χ1n) is 23.8. The molecule has 4 heterocycles. The van der Waals surface area contributed by atoms with Gasteiger partial charge in [0.15, 0.2) is 0 Å². The molecule has 0 bridgehead atoms. The Bertz CT molecular complexity index is 3430. The van der Waals surface area contributed by atoms with E-state index in [1.165, 1.54) is 45.5 Å². The Hall–Kier alpha value is -7.48. The Balaban J connectivity index is 0.000000168. The van der Waals surface area contributed by atoms with E-state index in [2.05, 4.69) is 155 Å². The minimum atomic E-state index is 0.820. The van der Waals surface area contributed by atoms with Crippen LogP contribution in [0.5, 0.6) is 23.0 Å². The highest BCUT2D eigenvalue weighted by atomic mass is 79.9. The van der Waals surface area contributed by atoms with Crippen LogP contribution < -0.4 is 28.7 Å². The third kappa shape index (κ3) is 13.4. The summed E-state index contributed by atoms with van der Waals surface area (Å²) in [5, 5.41) is 4.29. The minimum absolute atomic E-state index is 0.820. The largest absolute Gasteiger partial charge is 0.497 e. The topological polar surface area (TPSA) is 43.4 Å². The van der Waals surface area contributed by atoms with Crippen molar-refractivity contribution >= 4 is 95.4 Å². The standard InChI is InChI=1S/C32H27NO2S2.C22H19NO2.C10H9BrS2/c1-22-19-20-36-32(22)31-21-23(2)30(37-31)18-7-24-5-8-25(9-6-24)33(26-10-14-28(34-3)15-11-26)27-12-16-29(35-4)17-13-27;1-4-17-5-7-18(8-6-17)23(19-9-13-21(24-2)14-10-19)20-11-15-22(25-3)16-12-20;1-6-3-4-12-9(6)8-5-7(2)10(11)13-8/h5-6,8-17,19-21H,1-4H3;1,5-16H,2-3H3;3-5H,1-2H3. The fraction of sp³-hybridized carbons (Fsp3) is 0.125. The molecule has 0 radical (unpaired) electrons. The van der Waals surface area contributed by atoms with E-state index in [4.69, 9.17) is 25.4 Å². The summed E-state index contributed by atoms with van der Waals surface area (Å²) in [4.78, 5) is 10.9. The van der Waals surface area contributed by atoms with Gasteiger partial charge < -0.3 is 28.7 Å². The Morgan fingerprint density at radius 1 is 0.400 bits per heavy atom. The summed E-state index contributed by atoms with van der Waals surface area (Å²) in [7, 11) is 6.68. The lowest BCUT2D eigenvalue weighted by Gasteiger charge is -2.25. The molecule has 376 valence electrons. The number of nitrogens with zero attached hydrogens (tertiary/aromatic N) is 2. The number of ether oxygens (including phenoxy) is 4. The van der Waals surface area contributed by atoms with Crippen molar-refractivity contribution in [3.8, 4) is 66.7 Å². The van der Waals surface area contributed by atoms with Gasteiger partial charge in [0.2, 0.25) is 0 Å². The molecule has 10 rings (SSSR count). The maximum absolute atomic E-state index is 5.47. The Labute approximate surface area is 466 Å². The van der Waals surface area contributed by atoms with Gasteiger partial charge >= 0.3 is 0 Å². The fourth-order valence-electron chi connectivity index (χ4n) is 7.89. The van der Waals surface area contributed by atoms with Crippen LogP contribution in [0.15, 0.2) is 184 Å². The molecule has 75 heavy (non-hydrogen) atoms. The van der Waals surface area contributed by atoms with E-state index in [-0.39, 0.29) is 0 Å². The van der Waals surface area contributed by atoms with Crippen LogP contribution in [0.4, 0.5) is 34.1 Å². The summed E-state index contributed by atoms with van der Waals surface area (Å²) in [6, 6.07) is 57.1. The van der Waals surface area contributed by atoms with Gasteiger partial charge in [0, 0.05) is 64.8 Å². The van der Waals surface area contributed by atoms with E-state index in [0.29, 0.717) is 0 Å². The second-order valence-electron chi connectivity index (χ2n) is 17.0. The minimum Gasteiger partial charge on any atom is -0.497 e. The number of hydrogen-bond donors (Lipinski definition) is 0. The number of methoxy groups -OCH3 is 4. The predicted molar refractivity (Wildman–Crippen MR) is 324 cm³/mol. The lowest BCUT2D eigenvalue weighted by Crippen LogP contribution is -2.09. The zero-order valence-electron chi connectivity index (χ0n) is 42.9. The molecule has 6 nitrogen and oxygen atoms in total. The van der Waals surface area contributed by atoms with Crippen molar-refractivity contribution in [3.05, 3.63) is 223 Å². The molecule has 0 aliphatic carbocycles. The monoisotopic (exact) mass is 1120 g/mol. The normalized spacial score (nSPS) is 10.3. The van der Waals surface area contributed by atoms with Gasteiger partial charge in [0.25, 0.3) is 0 Å². The van der Waals surface area contributed by atoms with Crippen molar-refractivity contribution < 1.29 is 18.9 Å². The molecule has 0 aliphatic heterocycles. The molecule has 11 heteroatoms. The van der Waals surface area contributed by atoms with Gasteiger partial charge in [0.1, 0.15) is 23.0 Å². The first kappa shape index (κ1) is 53.8. The van der Waals surface area contributed by atoms with Gasteiger partial charge in [-0.05, 0) is 246 Å². The van der Waals surface area contributed by atoms with Gasteiger partial charge in [-0.2, -0.15) is 0 Å². The summed E-state index contributed by atoms with van der Waals surface area (Å²) >= 11 is 10.7. The summed E-state index contributed by atoms with van der Waals surface area (Å²) in [5.74, 6) is 12.7. The fourth-order valence-corrected chi connectivity index (χ4v) is 12.7. The van der Waals surface area contributed by atoms with Crippen molar-refractivity contribution in [3.63, 3.8) is 0 Å². The second-order valence-corrected chi connectivity index (χ2v) is 22.3. The molecule has 0 aliphatic rings. The maximum Gasteiger partial charge on any atom is 0.119 e. The SMILES string of the molecule is C#Cc1ccc(N(c2ccc(OC)cc2)c2ccc(OC)cc2)cc1.COc1ccc(N(c2ccc(C#Cc3sc(-c4sccc4C)cc3C)cc2)c2ccc(OC)cc2)cc1.Cc1cc(-c2sccc2C)sc1Br. The number of anilines is 6. The maximum atomic E-state index is 5.47. The van der Waals surface area contributed by atoms with Crippen LogP contribution in [0.1, 0.15) is 38.3 Å². The number of rotatable bonds is 12. The van der Waals surface area contributed by atoms with E-state index < -0.39 is 0 Å². The van der Waals surface area contributed by atoms with Gasteiger partial charge in [-0.3, -0.25) is 0 Å². The van der Waals surface area contributed by atoms with Crippen LogP contribution in [-0.4, -0.2) is 28.4 Å². The lowest BCUT2D eigenvalue weighted by atomic mass is 10.1. The van der Waals surface area contributed by atoms with Crippen LogP contribution in [0.3, 0.4) is 0 Å². The number of halogens is 1. The summed E-state index contributed by atoms with van der Waals surface area (Å²) in [5.41, 5.74) is 13.3. The quantitative estimate of drug-likeness (QED) is 0.114. The Morgan fingerprint density at radius 3 is 1.04 bits per heavy atom. The average Bonchev–Trinajstić information content (AvgIpc) is 4.26. The van der Waals surface area contributed by atoms with Crippen molar-refractivity contribution in [2.24, 2.45) is 0 Å². The van der Waals surface area contributed by atoms with Crippen LogP contribution >= 0.6 is 61.3 Å². The van der Waals surface area contributed by atoms with Crippen molar-refractivity contribution in [2.45, 2.75) is 27.7 Å². The van der Waals surface area contributed by atoms with E-state index in [1.54, 1.807) is 51.1 Å². The zero-order valence-corrected chi connectivity index (χ0v) is 47.8. The molecule has 0 saturated carbocycles. The van der Waals surface area contributed by atoms with Crippen LogP contribution in [-0.2, 0) is 0 Å². The molecule has 10 aromatic rings. The van der Waals surface area contributed by atoms with Crippen LogP contribution in [0.25, 0.3) is 19.5 Å². The highest BCUT2D eigenvalue weighted by molar-refractivity contribution is 9.11. The molecule has 0 saturated heterocycles. The second kappa shape index (κ2) is 25.6. The van der Waals surface area contributed by atoms with Gasteiger partial charge in [-0.1, -0.05) is 17.8 Å². The van der Waals surface area contributed by atoms with E-state index in [0.717, 1.165) is 73.1 Å². The number of terminal acetylenes is 1. The molecular weight excluding hydrogens is 1070 g/mol. The average molecular weight is 1120 g/mol. The predicted octanol–water partition coefficient (Wildman–Crippen LogP) is 19.0. The summed E-state index contributed by atoms with van der Waals surface area (Å²) in [6.07, 6.45) is 5.47. The lowest BCUT2D eigenvalue weighted by molar-refractivity contribution is 0.414. The third-order valence-electron chi connectivity index (χ3n) is 12.0. The molecule has 0 amide bonds. The molecule has 0 fully saturated rings. The highest BCUT2D eigenvalue weighted by Gasteiger charge is 2.16. The van der Waals surface area contributed by atoms with E-state index >= 15 is 0 Å². The molecule has 0 atom stereocenters. The molecular formula is C64H55BrN2O4S4. The molecule has 0 spiro atoms. The van der Waals surface area contributed by atoms with Gasteiger partial charge in [0.05, 0.1) is 37.1 Å². The van der Waals surface area contributed by atoms with E-state index in [1.807, 2.05) is 120 Å². The van der Waals surface area contributed by atoms with Gasteiger partial charge in [-0.25, -0.2) is 0 Å².